The summed E-state index contributed by atoms with van der Waals surface area (Å²) in [5.41, 5.74) is -2.62. The molecule has 0 bridgehead atoms. The van der Waals surface area contributed by atoms with Crippen molar-refractivity contribution in [2.24, 2.45) is 0 Å². The minimum atomic E-state index is -2.62. The predicted molar refractivity (Wildman–Crippen MR) is 57.0 cm³/mol. The Morgan fingerprint density at radius 2 is 1.47 bits per heavy atom. The van der Waals surface area contributed by atoms with Gasteiger partial charge in [0.1, 0.15) is 0 Å². The molecule has 0 saturated carbocycles. The van der Waals surface area contributed by atoms with Crippen LogP contribution in [0.25, 0.3) is 0 Å². The molecule has 0 aromatic rings. The van der Waals surface area contributed by atoms with Crippen molar-refractivity contribution in [3.8, 4) is 0 Å². The molecule has 3 N–H and O–H groups in total. The fraction of sp³-hybridized carbons (Fsp3) is 0.500. The topological polar surface area (TPSA) is 121 Å². The van der Waals surface area contributed by atoms with E-state index >= 15 is 0 Å². The normalized spacial score (nSPS) is 11.7. The Morgan fingerprint density at radius 3 is 1.71 bits per heavy atom. The molecule has 0 aliphatic heterocycles. The molecule has 1 atom stereocenters. The second kappa shape index (κ2) is 13.1. The van der Waals surface area contributed by atoms with Crippen molar-refractivity contribution in [2.75, 3.05) is 0 Å². The Morgan fingerprint density at radius 1 is 1.06 bits per heavy atom. The first-order chi connectivity index (χ1) is 6.31. The van der Waals surface area contributed by atoms with E-state index in [9.17, 15) is 19.5 Å². The van der Waals surface area contributed by atoms with Crippen molar-refractivity contribution >= 4 is 107 Å². The monoisotopic (exact) mass is 460 g/mol. The molecular weight excluding hydrogens is 450 g/mol. The van der Waals surface area contributed by atoms with Gasteiger partial charge in [-0.25, -0.2) is 0 Å². The van der Waals surface area contributed by atoms with Crippen LogP contribution in [-0.2, 0) is 39.1 Å². The quantitative estimate of drug-likeness (QED) is 0.369. The zero-order valence-corrected chi connectivity index (χ0v) is 8.86. The van der Waals surface area contributed by atoms with Crippen molar-refractivity contribution in [3.05, 3.63) is 0 Å². The summed E-state index contributed by atoms with van der Waals surface area (Å²) in [5.74, 6) is -4.31. The van der Waals surface area contributed by atoms with Gasteiger partial charge in [0.05, 0.1) is 0 Å². The number of aliphatic hydroxyl groups is 1. The van der Waals surface area contributed by atoms with E-state index in [0.717, 1.165) is 0 Å². The molecule has 90 valence electrons. The van der Waals surface area contributed by atoms with E-state index in [4.69, 9.17) is 10.2 Å². The predicted octanol–water partition coefficient (Wildman–Crippen LogP) is -3.27. The zero-order valence-electron chi connectivity index (χ0n) is 6.69. The summed E-state index contributed by atoms with van der Waals surface area (Å²) < 4.78 is 4.07. The van der Waals surface area contributed by atoms with E-state index in [2.05, 4.69) is 3.24 Å². The zero-order chi connectivity index (χ0) is 11.4. The molecule has 1 unspecified atom stereocenters. The van der Waals surface area contributed by atoms with Crippen LogP contribution in [0.15, 0.2) is 0 Å². The molecule has 0 saturated heterocycles. The minimum absolute atomic E-state index is 0. The Kier molecular flexibility index (Phi) is 21.2. The second-order valence-corrected chi connectivity index (χ2v) is 2.96. The van der Waals surface area contributed by atoms with E-state index < -0.39 is 36.4 Å². The van der Waals surface area contributed by atoms with Crippen molar-refractivity contribution in [1.82, 2.24) is 0 Å². The van der Waals surface area contributed by atoms with Gasteiger partial charge in [-0.05, 0) is 0 Å². The van der Waals surface area contributed by atoms with Gasteiger partial charge >= 0.3 is 179 Å². The molecule has 11 heteroatoms. The van der Waals surface area contributed by atoms with Crippen LogP contribution in [0.3, 0.4) is 0 Å². The van der Waals surface area contributed by atoms with Gasteiger partial charge in [-0.1, -0.05) is 0 Å². The molecule has 0 spiro atoms. The molecule has 0 aliphatic carbocycles. The molecule has 17 heavy (non-hydrogen) atoms. The van der Waals surface area contributed by atoms with E-state index in [-0.39, 0.29) is 88.7 Å². The van der Waals surface area contributed by atoms with Gasteiger partial charge in [-0.2, -0.15) is 0 Å². The first-order valence-electron chi connectivity index (χ1n) is 3.27. The number of carboxylic acid groups (broad SMARTS) is 2. The standard InChI is InChI=1S/C6H8O7.Au.3Na.3H/c7-3(8)1-6(13,5(11)12)2-4(9)10;;;;;;;/h13H,1-2H2,(H,7,8)(H,9,10)(H,11,12);;;;;;;/q;+1;;;;;;/p-1. The summed E-state index contributed by atoms with van der Waals surface area (Å²) in [7, 11) is 0. The summed E-state index contributed by atoms with van der Waals surface area (Å²) in [6.07, 6.45) is -1.98. The number of carbonyl (C=O) groups excluding carboxylic acids is 1. The molecule has 0 radical (unpaired) electrons. The van der Waals surface area contributed by atoms with Crippen molar-refractivity contribution in [3.63, 3.8) is 0 Å². The first kappa shape index (κ1) is 27.5. The molecule has 0 aliphatic rings. The van der Waals surface area contributed by atoms with Crippen LogP contribution >= 0.6 is 0 Å². The van der Waals surface area contributed by atoms with Crippen molar-refractivity contribution in [1.29, 1.82) is 0 Å². The van der Waals surface area contributed by atoms with Gasteiger partial charge in [-0.15, -0.1) is 0 Å². The average Bonchev–Trinajstić information content (AvgIpc) is 2.02. The molecule has 0 rings (SSSR count). The van der Waals surface area contributed by atoms with E-state index in [1.165, 1.54) is 21.5 Å². The summed E-state index contributed by atoms with van der Waals surface area (Å²) in [6, 6.07) is 0. The van der Waals surface area contributed by atoms with E-state index in [1.807, 2.05) is 0 Å². The number of hydrogen-bond donors (Lipinski definition) is 3. The fourth-order valence-electron chi connectivity index (χ4n) is 0.724. The number of hydrogen-bond acceptors (Lipinski definition) is 5. The molecule has 0 aromatic heterocycles. The molecule has 0 amide bonds. The number of carbonyl (C=O) groups is 3. The van der Waals surface area contributed by atoms with Gasteiger partial charge in [0.2, 0.25) is 0 Å². The van der Waals surface area contributed by atoms with Gasteiger partial charge in [0.25, 0.3) is 0 Å². The summed E-state index contributed by atoms with van der Waals surface area (Å²) >= 11 is 1.38. The second-order valence-electron chi connectivity index (χ2n) is 2.52. The van der Waals surface area contributed by atoms with Gasteiger partial charge in [-0.3, -0.25) is 0 Å². The Balaban J connectivity index is -0.000000282. The maximum atomic E-state index is 10.7. The average molecular weight is 460 g/mol. The first-order valence-corrected chi connectivity index (χ1v) is 4.16. The van der Waals surface area contributed by atoms with Gasteiger partial charge in [0, 0.05) is 0 Å². The Labute approximate surface area is 176 Å². The maximum absolute atomic E-state index is 10.7. The van der Waals surface area contributed by atoms with Crippen molar-refractivity contribution < 1.29 is 54.4 Å². The summed E-state index contributed by atoms with van der Waals surface area (Å²) in [4.78, 5) is 31.4. The molecule has 0 fully saturated rings. The molecule has 0 aromatic carbocycles. The Bertz CT molecular complexity index is 274. The Hall–Kier alpha value is 2.11. The van der Waals surface area contributed by atoms with Crippen LogP contribution in [0.1, 0.15) is 12.8 Å². The molecular formula is C6H10AuNa3O7. The number of carboxylic acids is 2. The van der Waals surface area contributed by atoms with Crippen LogP contribution in [-0.4, -0.2) is 128 Å². The van der Waals surface area contributed by atoms with Crippen molar-refractivity contribution in [2.45, 2.75) is 18.4 Å². The third-order valence-corrected chi connectivity index (χ3v) is 1.84. The summed E-state index contributed by atoms with van der Waals surface area (Å²) in [5, 5.41) is 26.1. The fourth-order valence-corrected chi connectivity index (χ4v) is 0.881. The van der Waals surface area contributed by atoms with Gasteiger partial charge < -0.3 is 0 Å². The number of rotatable bonds is 5. The molecule has 7 nitrogen and oxygen atoms in total. The van der Waals surface area contributed by atoms with E-state index in [0.29, 0.717) is 0 Å². The van der Waals surface area contributed by atoms with Crippen LogP contribution in [0, 0.1) is 0 Å². The van der Waals surface area contributed by atoms with Gasteiger partial charge in [0.15, 0.2) is 0 Å². The van der Waals surface area contributed by atoms with Crippen LogP contribution in [0.4, 0.5) is 0 Å². The summed E-state index contributed by atoms with van der Waals surface area (Å²) in [6.45, 7) is 0. The van der Waals surface area contributed by atoms with Crippen LogP contribution in [0.5, 0.6) is 0 Å². The number of aliphatic carboxylic acids is 2. The third-order valence-electron chi connectivity index (χ3n) is 1.35. The SMILES string of the molecule is O=C(O)CC(O)(CC(=O)[O][Au])C(=O)O.[NaH].[NaH].[NaH]. The van der Waals surface area contributed by atoms with E-state index in [1.54, 1.807) is 0 Å². The molecule has 0 heterocycles. The third kappa shape index (κ3) is 11.6. The van der Waals surface area contributed by atoms with Crippen LogP contribution in [0.2, 0.25) is 0 Å². The van der Waals surface area contributed by atoms with Crippen LogP contribution < -0.4 is 0 Å².